The standard InChI is InChI=1S/C23H24FN3O3/c1-30-21-3-2-16(24)8-18(21)17-4-5-25-23-19(17)9-20(26-23)13-6-14-10-27(22(29)12-28)11-15(14)7-13/h2-5,8-9,13-15,28H,6-7,10-12H2,1H3,(H,25,26)/t13-,14+,15-. The van der Waals surface area contributed by atoms with E-state index in [2.05, 4.69) is 16.0 Å². The molecule has 0 spiro atoms. The molecule has 3 heterocycles. The lowest BCUT2D eigenvalue weighted by Gasteiger charge is -2.17. The highest BCUT2D eigenvalue weighted by molar-refractivity contribution is 5.95. The molecule has 1 saturated carbocycles. The molecule has 0 bridgehead atoms. The Hall–Kier alpha value is -2.93. The monoisotopic (exact) mass is 409 g/mol. The Bertz CT molecular complexity index is 1100. The molecule has 1 amide bonds. The lowest BCUT2D eigenvalue weighted by Crippen LogP contribution is -2.32. The van der Waals surface area contributed by atoms with Crippen molar-refractivity contribution in [2.24, 2.45) is 11.8 Å². The second-order valence-electron chi connectivity index (χ2n) is 8.34. The van der Waals surface area contributed by atoms with Crippen molar-refractivity contribution in [1.82, 2.24) is 14.9 Å². The van der Waals surface area contributed by atoms with Crippen LogP contribution in [0, 0.1) is 17.7 Å². The normalized spacial score (nSPS) is 23.2. The summed E-state index contributed by atoms with van der Waals surface area (Å²) >= 11 is 0. The number of methoxy groups -OCH3 is 1. The van der Waals surface area contributed by atoms with Gasteiger partial charge in [0, 0.05) is 35.9 Å². The van der Waals surface area contributed by atoms with Gasteiger partial charge in [-0.05, 0) is 66.5 Å². The number of rotatable bonds is 4. The van der Waals surface area contributed by atoms with Crippen molar-refractivity contribution < 1.29 is 19.0 Å². The Morgan fingerprint density at radius 1 is 1.23 bits per heavy atom. The lowest BCUT2D eigenvalue weighted by molar-refractivity contribution is -0.133. The van der Waals surface area contributed by atoms with E-state index in [0.717, 1.165) is 48.2 Å². The van der Waals surface area contributed by atoms with E-state index in [0.29, 0.717) is 29.1 Å². The molecular weight excluding hydrogens is 385 g/mol. The zero-order valence-corrected chi connectivity index (χ0v) is 16.8. The van der Waals surface area contributed by atoms with Gasteiger partial charge >= 0.3 is 0 Å². The minimum atomic E-state index is -0.414. The third-order valence-electron chi connectivity index (χ3n) is 6.68. The zero-order valence-electron chi connectivity index (χ0n) is 16.8. The van der Waals surface area contributed by atoms with E-state index in [1.165, 1.54) is 12.1 Å². The van der Waals surface area contributed by atoms with Crippen LogP contribution in [0.2, 0.25) is 0 Å². The first-order valence-electron chi connectivity index (χ1n) is 10.3. The first-order chi connectivity index (χ1) is 14.6. The molecule has 2 fully saturated rings. The average molecular weight is 409 g/mol. The van der Waals surface area contributed by atoms with Gasteiger partial charge in [-0.25, -0.2) is 9.37 Å². The van der Waals surface area contributed by atoms with Crippen LogP contribution < -0.4 is 4.74 Å². The SMILES string of the molecule is COc1ccc(F)cc1-c1ccnc2[nH]c([C@H]3C[C@@H]4CN(C(=O)CO)C[C@@H]4C3)cc12. The van der Waals surface area contributed by atoms with Gasteiger partial charge in [0.25, 0.3) is 0 Å². The maximum atomic E-state index is 13.9. The van der Waals surface area contributed by atoms with Crippen LogP contribution in [0.3, 0.4) is 0 Å². The van der Waals surface area contributed by atoms with Gasteiger partial charge in [0.1, 0.15) is 23.8 Å². The molecule has 0 radical (unpaired) electrons. The molecule has 6 nitrogen and oxygen atoms in total. The van der Waals surface area contributed by atoms with Gasteiger partial charge in [0.05, 0.1) is 7.11 Å². The van der Waals surface area contributed by atoms with Gasteiger partial charge in [-0.15, -0.1) is 0 Å². The van der Waals surface area contributed by atoms with E-state index in [9.17, 15) is 9.18 Å². The van der Waals surface area contributed by atoms with Gasteiger partial charge in [-0.2, -0.15) is 0 Å². The summed E-state index contributed by atoms with van der Waals surface area (Å²) in [6.07, 6.45) is 3.74. The minimum absolute atomic E-state index is 0.176. The van der Waals surface area contributed by atoms with E-state index < -0.39 is 6.61 Å². The number of benzene rings is 1. The minimum Gasteiger partial charge on any atom is -0.496 e. The van der Waals surface area contributed by atoms with Crippen molar-refractivity contribution in [3.63, 3.8) is 0 Å². The number of likely N-dealkylation sites (tertiary alicyclic amines) is 1. The van der Waals surface area contributed by atoms with E-state index in [-0.39, 0.29) is 11.7 Å². The van der Waals surface area contributed by atoms with Crippen LogP contribution in [0.4, 0.5) is 4.39 Å². The smallest absolute Gasteiger partial charge is 0.248 e. The third-order valence-corrected chi connectivity index (χ3v) is 6.68. The number of amides is 1. The van der Waals surface area contributed by atoms with Crippen molar-refractivity contribution in [1.29, 1.82) is 0 Å². The number of aliphatic hydroxyl groups is 1. The highest BCUT2D eigenvalue weighted by atomic mass is 19.1. The van der Waals surface area contributed by atoms with Crippen LogP contribution in [0.15, 0.2) is 36.5 Å². The van der Waals surface area contributed by atoms with E-state index in [1.54, 1.807) is 24.3 Å². The number of hydrogen-bond donors (Lipinski definition) is 2. The van der Waals surface area contributed by atoms with E-state index in [1.807, 2.05) is 6.07 Å². The maximum absolute atomic E-state index is 13.9. The van der Waals surface area contributed by atoms with Gasteiger partial charge in [-0.1, -0.05) is 0 Å². The van der Waals surface area contributed by atoms with Crippen molar-refractivity contribution >= 4 is 16.9 Å². The van der Waals surface area contributed by atoms with E-state index >= 15 is 0 Å². The number of halogens is 1. The summed E-state index contributed by atoms with van der Waals surface area (Å²) in [6.45, 7) is 1.04. The Morgan fingerprint density at radius 3 is 2.70 bits per heavy atom. The number of pyridine rings is 1. The summed E-state index contributed by atoms with van der Waals surface area (Å²) in [5.74, 6) is 1.44. The molecule has 0 unspecified atom stereocenters. The largest absolute Gasteiger partial charge is 0.496 e. The summed E-state index contributed by atoms with van der Waals surface area (Å²) in [4.78, 5) is 21.5. The molecular formula is C23H24FN3O3. The maximum Gasteiger partial charge on any atom is 0.248 e. The molecule has 3 aromatic rings. The second-order valence-corrected chi connectivity index (χ2v) is 8.34. The average Bonchev–Trinajstić information content (AvgIpc) is 3.45. The zero-order chi connectivity index (χ0) is 20.8. The van der Waals surface area contributed by atoms with Crippen molar-refractivity contribution in [3.05, 3.63) is 48.0 Å². The quantitative estimate of drug-likeness (QED) is 0.693. The Kier molecular flexibility index (Phi) is 4.70. The number of aliphatic hydroxyl groups excluding tert-OH is 1. The summed E-state index contributed by atoms with van der Waals surface area (Å²) in [7, 11) is 1.58. The fourth-order valence-corrected chi connectivity index (χ4v) is 5.25. The van der Waals surface area contributed by atoms with Crippen molar-refractivity contribution in [2.75, 3.05) is 26.8 Å². The van der Waals surface area contributed by atoms with Crippen LogP contribution in [-0.2, 0) is 4.79 Å². The third kappa shape index (κ3) is 3.13. The Labute approximate surface area is 173 Å². The molecule has 1 aromatic carbocycles. The van der Waals surface area contributed by atoms with Gasteiger partial charge in [0.2, 0.25) is 5.91 Å². The number of carbonyl (C=O) groups is 1. The number of aromatic nitrogens is 2. The number of fused-ring (bicyclic) bond motifs is 2. The highest BCUT2D eigenvalue weighted by Gasteiger charge is 2.43. The molecule has 3 atom stereocenters. The fraction of sp³-hybridized carbons (Fsp3) is 0.391. The first-order valence-corrected chi connectivity index (χ1v) is 10.3. The van der Waals surface area contributed by atoms with Crippen molar-refractivity contribution in [3.8, 4) is 16.9 Å². The molecule has 2 aromatic heterocycles. The molecule has 2 N–H and O–H groups in total. The number of nitrogens with one attached hydrogen (secondary N) is 1. The molecule has 1 aliphatic heterocycles. The van der Waals surface area contributed by atoms with Crippen LogP contribution >= 0.6 is 0 Å². The van der Waals surface area contributed by atoms with Gasteiger partial charge in [-0.3, -0.25) is 4.79 Å². The predicted molar refractivity (Wildman–Crippen MR) is 111 cm³/mol. The van der Waals surface area contributed by atoms with Crippen LogP contribution in [0.25, 0.3) is 22.2 Å². The molecule has 156 valence electrons. The number of H-pyrrole nitrogens is 1. The summed E-state index contributed by atoms with van der Waals surface area (Å²) in [5.41, 5.74) is 3.51. The predicted octanol–water partition coefficient (Wildman–Crippen LogP) is 3.32. The molecule has 1 aliphatic carbocycles. The molecule has 1 saturated heterocycles. The van der Waals surface area contributed by atoms with E-state index in [4.69, 9.17) is 9.84 Å². The fourth-order valence-electron chi connectivity index (χ4n) is 5.25. The van der Waals surface area contributed by atoms with Gasteiger partial charge in [0.15, 0.2) is 0 Å². The molecule has 7 heteroatoms. The van der Waals surface area contributed by atoms with Gasteiger partial charge < -0.3 is 19.7 Å². The molecule has 30 heavy (non-hydrogen) atoms. The topological polar surface area (TPSA) is 78.5 Å². The Morgan fingerprint density at radius 2 is 2.00 bits per heavy atom. The van der Waals surface area contributed by atoms with Crippen LogP contribution in [0.1, 0.15) is 24.5 Å². The summed E-state index contributed by atoms with van der Waals surface area (Å²) in [5, 5.41) is 10.1. The first kappa shape index (κ1) is 19.1. The van der Waals surface area contributed by atoms with Crippen LogP contribution in [0.5, 0.6) is 5.75 Å². The Balaban J connectivity index is 1.45. The second kappa shape index (κ2) is 7.40. The molecule has 5 rings (SSSR count). The van der Waals surface area contributed by atoms with Crippen LogP contribution in [-0.4, -0.2) is 52.7 Å². The van der Waals surface area contributed by atoms with Crippen molar-refractivity contribution in [2.45, 2.75) is 18.8 Å². The summed E-state index contributed by atoms with van der Waals surface area (Å²) < 4.78 is 19.4. The molecule has 2 aliphatic rings. The highest BCUT2D eigenvalue weighted by Crippen LogP contribution is 2.47. The number of nitrogens with zero attached hydrogens (tertiary/aromatic N) is 2. The number of hydrogen-bond acceptors (Lipinski definition) is 4. The number of ether oxygens (including phenoxy) is 1. The number of carbonyl (C=O) groups excluding carboxylic acids is 1. The lowest BCUT2D eigenvalue weighted by atomic mass is 9.99. The number of aromatic amines is 1. The summed E-state index contributed by atoms with van der Waals surface area (Å²) in [6, 6.07) is 8.55.